The molecular weight excluding hydrogens is 310 g/mol. The minimum Gasteiger partial charge on any atom is -0.362 e. The van der Waals surface area contributed by atoms with Crippen LogP contribution in [0.2, 0.25) is 5.02 Å². The number of hydrogen-bond donors (Lipinski definition) is 1. The van der Waals surface area contributed by atoms with E-state index in [0.717, 1.165) is 18.8 Å². The maximum Gasteiger partial charge on any atom is 0.347 e. The van der Waals surface area contributed by atoms with Gasteiger partial charge < -0.3 is 10.2 Å². The predicted octanol–water partition coefficient (Wildman–Crippen LogP) is 4.39. The van der Waals surface area contributed by atoms with Gasteiger partial charge in [0.1, 0.15) is 5.84 Å². The van der Waals surface area contributed by atoms with Gasteiger partial charge in [0.05, 0.1) is 0 Å². The molecule has 1 aliphatic rings. The molecule has 0 aromatic heterocycles. The van der Waals surface area contributed by atoms with Crippen molar-refractivity contribution in [3.63, 3.8) is 0 Å². The van der Waals surface area contributed by atoms with Crippen LogP contribution in [0, 0.1) is 0 Å². The van der Waals surface area contributed by atoms with E-state index in [1.54, 1.807) is 24.3 Å². The van der Waals surface area contributed by atoms with Crippen molar-refractivity contribution in [1.29, 1.82) is 0 Å². The first kappa shape index (κ1) is 15.6. The standard InChI is InChI=1S/C18H18ClN3O/c1-22-12-14(13-6-3-2-4-7-13)10-17(22)21-18(23)20-16-9-5-8-15(19)11-16/h2-9,11,14H,10,12H2,1H3,(H,20,23)/b21-17+. The summed E-state index contributed by atoms with van der Waals surface area (Å²) in [6.45, 7) is 0.868. The number of aliphatic imine (C=N–C) groups is 1. The monoisotopic (exact) mass is 327 g/mol. The maximum absolute atomic E-state index is 12.1. The highest BCUT2D eigenvalue weighted by Crippen LogP contribution is 2.27. The van der Waals surface area contributed by atoms with Crippen LogP contribution in [0.1, 0.15) is 17.9 Å². The summed E-state index contributed by atoms with van der Waals surface area (Å²) in [6.07, 6.45) is 0.767. The van der Waals surface area contributed by atoms with Gasteiger partial charge in [-0.15, -0.1) is 0 Å². The molecule has 1 aliphatic heterocycles. The smallest absolute Gasteiger partial charge is 0.347 e. The minimum absolute atomic E-state index is 0.372. The minimum atomic E-state index is -0.372. The Labute approximate surface area is 140 Å². The summed E-state index contributed by atoms with van der Waals surface area (Å²) in [5.74, 6) is 1.18. The van der Waals surface area contributed by atoms with E-state index in [9.17, 15) is 4.79 Å². The Morgan fingerprint density at radius 1 is 1.22 bits per heavy atom. The Bertz CT molecular complexity index is 730. The zero-order valence-corrected chi connectivity index (χ0v) is 13.6. The number of benzene rings is 2. The quantitative estimate of drug-likeness (QED) is 0.889. The van der Waals surface area contributed by atoms with Crippen molar-refractivity contribution in [3.8, 4) is 0 Å². The molecule has 118 valence electrons. The van der Waals surface area contributed by atoms with Crippen LogP contribution in [-0.4, -0.2) is 30.4 Å². The van der Waals surface area contributed by atoms with Crippen LogP contribution in [0.25, 0.3) is 0 Å². The van der Waals surface area contributed by atoms with E-state index in [1.165, 1.54) is 5.56 Å². The number of anilines is 1. The Hall–Kier alpha value is -2.33. The molecule has 23 heavy (non-hydrogen) atoms. The van der Waals surface area contributed by atoms with E-state index in [0.29, 0.717) is 16.6 Å². The zero-order chi connectivity index (χ0) is 16.2. The number of likely N-dealkylation sites (tertiary alicyclic amines) is 1. The second kappa shape index (κ2) is 6.84. The van der Waals surface area contributed by atoms with Crippen molar-refractivity contribution in [2.24, 2.45) is 4.99 Å². The normalized spacial score (nSPS) is 19.1. The largest absolute Gasteiger partial charge is 0.362 e. The Kier molecular flexibility index (Phi) is 4.63. The number of amidine groups is 1. The fourth-order valence-corrected chi connectivity index (χ4v) is 2.98. The first-order valence-electron chi connectivity index (χ1n) is 7.52. The Balaban J connectivity index is 1.68. The molecular formula is C18H18ClN3O. The van der Waals surface area contributed by atoms with E-state index in [1.807, 2.05) is 30.1 Å². The van der Waals surface area contributed by atoms with Gasteiger partial charge in [-0.25, -0.2) is 4.79 Å². The molecule has 1 N–H and O–H groups in total. The molecule has 3 rings (SSSR count). The van der Waals surface area contributed by atoms with Crippen molar-refractivity contribution in [2.45, 2.75) is 12.3 Å². The third kappa shape index (κ3) is 3.90. The van der Waals surface area contributed by atoms with Crippen molar-refractivity contribution < 1.29 is 4.79 Å². The van der Waals surface area contributed by atoms with Crippen LogP contribution < -0.4 is 5.32 Å². The molecule has 1 saturated heterocycles. The van der Waals surface area contributed by atoms with Gasteiger partial charge in [-0.3, -0.25) is 0 Å². The van der Waals surface area contributed by atoms with Gasteiger partial charge in [0, 0.05) is 36.6 Å². The topological polar surface area (TPSA) is 44.7 Å². The second-order valence-electron chi connectivity index (χ2n) is 5.66. The Morgan fingerprint density at radius 3 is 2.74 bits per heavy atom. The lowest BCUT2D eigenvalue weighted by Gasteiger charge is -2.12. The number of hydrogen-bond acceptors (Lipinski definition) is 1. The molecule has 1 heterocycles. The van der Waals surface area contributed by atoms with Gasteiger partial charge in [-0.2, -0.15) is 4.99 Å². The molecule has 1 fully saturated rings. The van der Waals surface area contributed by atoms with Crippen LogP contribution in [-0.2, 0) is 0 Å². The predicted molar refractivity (Wildman–Crippen MR) is 94.3 cm³/mol. The number of nitrogens with zero attached hydrogens (tertiary/aromatic N) is 2. The molecule has 4 nitrogen and oxygen atoms in total. The number of rotatable bonds is 2. The first-order valence-corrected chi connectivity index (χ1v) is 7.90. The van der Waals surface area contributed by atoms with Gasteiger partial charge in [-0.1, -0.05) is 48.0 Å². The van der Waals surface area contributed by atoms with Crippen molar-refractivity contribution in [2.75, 3.05) is 18.9 Å². The van der Waals surface area contributed by atoms with E-state index in [-0.39, 0.29) is 6.03 Å². The van der Waals surface area contributed by atoms with E-state index in [4.69, 9.17) is 11.6 Å². The number of carbonyl (C=O) groups excluding carboxylic acids is 1. The number of nitrogens with one attached hydrogen (secondary N) is 1. The summed E-state index contributed by atoms with van der Waals surface area (Å²) in [7, 11) is 1.97. The van der Waals surface area contributed by atoms with Crippen LogP contribution in [0.3, 0.4) is 0 Å². The summed E-state index contributed by atoms with van der Waals surface area (Å²) >= 11 is 5.91. The molecule has 0 radical (unpaired) electrons. The lowest BCUT2D eigenvalue weighted by atomic mass is 9.98. The number of halogens is 1. The molecule has 0 saturated carbocycles. The van der Waals surface area contributed by atoms with Crippen LogP contribution >= 0.6 is 11.6 Å². The van der Waals surface area contributed by atoms with Crippen molar-refractivity contribution in [3.05, 3.63) is 65.2 Å². The number of likely N-dealkylation sites (N-methyl/N-ethyl adjacent to an activating group) is 1. The number of amides is 2. The molecule has 0 aliphatic carbocycles. The van der Waals surface area contributed by atoms with Gasteiger partial charge in [0.15, 0.2) is 0 Å². The molecule has 1 unspecified atom stereocenters. The highest BCUT2D eigenvalue weighted by Gasteiger charge is 2.27. The lowest BCUT2D eigenvalue weighted by Crippen LogP contribution is -2.22. The van der Waals surface area contributed by atoms with E-state index in [2.05, 4.69) is 22.4 Å². The fourth-order valence-electron chi connectivity index (χ4n) is 2.79. The van der Waals surface area contributed by atoms with E-state index >= 15 is 0 Å². The summed E-state index contributed by atoms with van der Waals surface area (Å²) < 4.78 is 0. The molecule has 0 spiro atoms. The van der Waals surface area contributed by atoms with Crippen molar-refractivity contribution in [1.82, 2.24) is 4.90 Å². The first-order chi connectivity index (χ1) is 11.1. The van der Waals surface area contributed by atoms with Gasteiger partial charge in [-0.05, 0) is 23.8 Å². The lowest BCUT2D eigenvalue weighted by molar-refractivity contribution is 0.259. The summed E-state index contributed by atoms with van der Waals surface area (Å²) in [5.41, 5.74) is 1.92. The molecule has 2 aromatic carbocycles. The zero-order valence-electron chi connectivity index (χ0n) is 12.9. The molecule has 5 heteroatoms. The van der Waals surface area contributed by atoms with Gasteiger partial charge >= 0.3 is 6.03 Å². The number of urea groups is 1. The molecule has 1 atom stereocenters. The molecule has 2 aromatic rings. The molecule has 0 bridgehead atoms. The van der Waals surface area contributed by atoms with Gasteiger partial charge in [0.2, 0.25) is 0 Å². The average Bonchev–Trinajstić information content (AvgIpc) is 2.89. The van der Waals surface area contributed by atoms with Gasteiger partial charge in [0.25, 0.3) is 0 Å². The van der Waals surface area contributed by atoms with Crippen LogP contribution in [0.5, 0.6) is 0 Å². The third-order valence-electron chi connectivity index (χ3n) is 3.94. The van der Waals surface area contributed by atoms with Crippen LogP contribution in [0.4, 0.5) is 10.5 Å². The SMILES string of the molecule is CN1CC(c2ccccc2)C/C1=N\C(=O)Nc1cccc(Cl)c1. The maximum atomic E-state index is 12.1. The summed E-state index contributed by atoms with van der Waals surface area (Å²) in [6, 6.07) is 17.0. The Morgan fingerprint density at radius 2 is 2.00 bits per heavy atom. The van der Waals surface area contributed by atoms with Crippen molar-refractivity contribution >= 4 is 29.2 Å². The number of carbonyl (C=O) groups is 1. The highest BCUT2D eigenvalue weighted by molar-refractivity contribution is 6.30. The summed E-state index contributed by atoms with van der Waals surface area (Å²) in [4.78, 5) is 18.3. The molecule has 2 amide bonds. The van der Waals surface area contributed by atoms with Crippen LogP contribution in [0.15, 0.2) is 59.6 Å². The second-order valence-corrected chi connectivity index (χ2v) is 6.10. The highest BCUT2D eigenvalue weighted by atomic mass is 35.5. The van der Waals surface area contributed by atoms with E-state index < -0.39 is 0 Å². The summed E-state index contributed by atoms with van der Waals surface area (Å²) in [5, 5.41) is 3.33. The third-order valence-corrected chi connectivity index (χ3v) is 4.18. The fraction of sp³-hybridized carbons (Fsp3) is 0.222. The average molecular weight is 328 g/mol.